The summed E-state index contributed by atoms with van der Waals surface area (Å²) in [6.07, 6.45) is 12.1. The van der Waals surface area contributed by atoms with Gasteiger partial charge in [-0.2, -0.15) is 0 Å². The van der Waals surface area contributed by atoms with Crippen molar-refractivity contribution in [1.82, 2.24) is 9.80 Å². The van der Waals surface area contributed by atoms with Crippen molar-refractivity contribution < 1.29 is 0 Å². The highest BCUT2D eigenvalue weighted by atomic mass is 15.3. The lowest BCUT2D eigenvalue weighted by Gasteiger charge is -2.51. The van der Waals surface area contributed by atoms with Crippen molar-refractivity contribution in [3.63, 3.8) is 0 Å². The molecule has 21 heavy (non-hydrogen) atoms. The third-order valence-corrected chi connectivity index (χ3v) is 5.24. The molecule has 110 valence electrons. The van der Waals surface area contributed by atoms with Gasteiger partial charge in [0.25, 0.3) is 0 Å². The van der Waals surface area contributed by atoms with Gasteiger partial charge in [-0.15, -0.1) is 0 Å². The third kappa shape index (κ3) is 2.65. The molecule has 0 spiro atoms. The summed E-state index contributed by atoms with van der Waals surface area (Å²) in [7, 11) is 0. The van der Waals surface area contributed by atoms with Crippen LogP contribution in [-0.4, -0.2) is 35.0 Å². The molecule has 2 nitrogen and oxygen atoms in total. The van der Waals surface area contributed by atoms with E-state index in [0.29, 0.717) is 0 Å². The number of piperidine rings is 1. The zero-order valence-corrected chi connectivity index (χ0v) is 12.6. The summed E-state index contributed by atoms with van der Waals surface area (Å²) >= 11 is 0. The number of benzene rings is 1. The van der Waals surface area contributed by atoms with Crippen LogP contribution in [0, 0.1) is 0 Å². The van der Waals surface area contributed by atoms with Gasteiger partial charge in [0.1, 0.15) is 0 Å². The summed E-state index contributed by atoms with van der Waals surface area (Å²) in [5.41, 5.74) is 3.00. The molecule has 3 aliphatic rings. The Hall–Kier alpha value is -1.54. The number of rotatable bonds is 3. The minimum atomic E-state index is 0.735. The van der Waals surface area contributed by atoms with Crippen molar-refractivity contribution in [2.45, 2.75) is 44.3 Å². The van der Waals surface area contributed by atoms with Crippen LogP contribution >= 0.6 is 0 Å². The second-order valence-corrected chi connectivity index (χ2v) is 6.59. The summed E-state index contributed by atoms with van der Waals surface area (Å²) in [6, 6.07) is 12.4. The maximum Gasteiger partial charge on any atom is 0.0332 e. The number of allylic oxidation sites excluding steroid dienone is 3. The molecular weight excluding hydrogens is 256 g/mol. The molecule has 2 bridgehead atoms. The zero-order chi connectivity index (χ0) is 14.1. The van der Waals surface area contributed by atoms with Crippen molar-refractivity contribution in [2.75, 3.05) is 13.1 Å². The Morgan fingerprint density at radius 3 is 2.43 bits per heavy atom. The van der Waals surface area contributed by atoms with Crippen LogP contribution in [-0.2, 0) is 6.54 Å². The minimum Gasteiger partial charge on any atom is -0.371 e. The molecule has 4 rings (SSSR count). The fourth-order valence-electron chi connectivity index (χ4n) is 4.15. The first-order valence-electron chi connectivity index (χ1n) is 8.30. The highest BCUT2D eigenvalue weighted by molar-refractivity contribution is 5.23. The third-order valence-electron chi connectivity index (χ3n) is 5.24. The number of nitrogens with zero attached hydrogens (tertiary/aromatic N) is 2. The van der Waals surface area contributed by atoms with E-state index in [1.54, 1.807) is 0 Å². The average molecular weight is 280 g/mol. The van der Waals surface area contributed by atoms with E-state index in [9.17, 15) is 0 Å². The molecule has 2 aliphatic heterocycles. The van der Waals surface area contributed by atoms with E-state index in [1.165, 1.54) is 43.6 Å². The Morgan fingerprint density at radius 1 is 1.00 bits per heavy atom. The summed E-state index contributed by atoms with van der Waals surface area (Å²) in [5, 5.41) is 0. The predicted octanol–water partition coefficient (Wildman–Crippen LogP) is 3.57. The van der Waals surface area contributed by atoms with Gasteiger partial charge in [0.15, 0.2) is 0 Å². The zero-order valence-electron chi connectivity index (χ0n) is 12.6. The standard InChI is InChI=1S/C19H24N2/c1-2-7-16(8-3-1)13-21-18-11-6-12-19(21)15-20(14-18)17-9-4-5-10-17/h1-5,7-9,18-19H,6,10-15H2/t18-,19+. The van der Waals surface area contributed by atoms with Gasteiger partial charge in [-0.3, -0.25) is 4.90 Å². The molecular formula is C19H24N2. The molecule has 0 saturated carbocycles. The molecule has 1 aromatic rings. The van der Waals surface area contributed by atoms with E-state index >= 15 is 0 Å². The highest BCUT2D eigenvalue weighted by Gasteiger charge is 2.37. The predicted molar refractivity (Wildman–Crippen MR) is 86.8 cm³/mol. The van der Waals surface area contributed by atoms with E-state index in [2.05, 4.69) is 58.4 Å². The summed E-state index contributed by atoms with van der Waals surface area (Å²) in [4.78, 5) is 5.42. The molecule has 0 aromatic heterocycles. The topological polar surface area (TPSA) is 6.48 Å². The molecule has 2 heteroatoms. The lowest BCUT2D eigenvalue weighted by atomic mass is 9.90. The lowest BCUT2D eigenvalue weighted by Crippen LogP contribution is -2.59. The summed E-state index contributed by atoms with van der Waals surface area (Å²) in [5.74, 6) is 0. The molecule has 0 unspecified atom stereocenters. The van der Waals surface area contributed by atoms with E-state index in [-0.39, 0.29) is 0 Å². The van der Waals surface area contributed by atoms with Crippen molar-refractivity contribution in [3.05, 3.63) is 59.8 Å². The molecule has 2 fully saturated rings. The number of likely N-dealkylation sites (tertiary alicyclic amines) is 1. The van der Waals surface area contributed by atoms with Gasteiger partial charge in [0.2, 0.25) is 0 Å². The van der Waals surface area contributed by atoms with Crippen LogP contribution in [0.2, 0.25) is 0 Å². The van der Waals surface area contributed by atoms with Crippen LogP contribution in [0.1, 0.15) is 31.2 Å². The largest absolute Gasteiger partial charge is 0.371 e. The lowest BCUT2D eigenvalue weighted by molar-refractivity contribution is -0.00253. The second kappa shape index (κ2) is 5.69. The van der Waals surface area contributed by atoms with Crippen LogP contribution in [0.3, 0.4) is 0 Å². The Labute approximate surface area is 127 Å². The first-order chi connectivity index (χ1) is 10.4. The van der Waals surface area contributed by atoms with Crippen LogP contribution < -0.4 is 0 Å². The smallest absolute Gasteiger partial charge is 0.0332 e. The average Bonchev–Trinajstić information content (AvgIpc) is 3.02. The molecule has 2 atom stereocenters. The fourth-order valence-corrected chi connectivity index (χ4v) is 4.15. The van der Waals surface area contributed by atoms with Gasteiger partial charge in [-0.25, -0.2) is 0 Å². The fraction of sp³-hybridized carbons (Fsp3) is 0.474. The molecule has 1 aliphatic carbocycles. The molecule has 0 N–H and O–H groups in total. The van der Waals surface area contributed by atoms with Gasteiger partial charge in [-0.05, 0) is 24.5 Å². The second-order valence-electron chi connectivity index (χ2n) is 6.59. The molecule has 1 aromatic carbocycles. The van der Waals surface area contributed by atoms with Crippen LogP contribution in [0.5, 0.6) is 0 Å². The number of fused-ring (bicyclic) bond motifs is 2. The van der Waals surface area contributed by atoms with Crippen molar-refractivity contribution >= 4 is 0 Å². The van der Waals surface area contributed by atoms with Crippen molar-refractivity contribution in [3.8, 4) is 0 Å². The minimum absolute atomic E-state index is 0.735. The molecule has 0 amide bonds. The van der Waals surface area contributed by atoms with Crippen molar-refractivity contribution in [1.29, 1.82) is 0 Å². The highest BCUT2D eigenvalue weighted by Crippen LogP contribution is 2.32. The van der Waals surface area contributed by atoms with Gasteiger partial charge < -0.3 is 4.90 Å². The van der Waals surface area contributed by atoms with Gasteiger partial charge in [0, 0.05) is 43.8 Å². The molecule has 0 radical (unpaired) electrons. The maximum atomic E-state index is 2.78. The Bertz CT molecular complexity index is 532. The molecule has 2 heterocycles. The van der Waals surface area contributed by atoms with E-state index in [1.807, 2.05) is 0 Å². The summed E-state index contributed by atoms with van der Waals surface area (Å²) < 4.78 is 0. The van der Waals surface area contributed by atoms with Gasteiger partial charge >= 0.3 is 0 Å². The number of piperazine rings is 1. The molecule has 2 saturated heterocycles. The number of hydrogen-bond acceptors (Lipinski definition) is 2. The van der Waals surface area contributed by atoms with Crippen LogP contribution in [0.15, 0.2) is 54.3 Å². The normalized spacial score (nSPS) is 28.8. The van der Waals surface area contributed by atoms with E-state index in [4.69, 9.17) is 0 Å². The Balaban J connectivity index is 1.49. The maximum absolute atomic E-state index is 2.78. The first kappa shape index (κ1) is 13.1. The van der Waals surface area contributed by atoms with Crippen LogP contribution in [0.25, 0.3) is 0 Å². The Morgan fingerprint density at radius 2 is 1.76 bits per heavy atom. The SMILES string of the molecule is C1=CCC(N2C[C@H]3CCC[C@@H](C2)N3Cc2ccccc2)=C1. The quantitative estimate of drug-likeness (QED) is 0.835. The monoisotopic (exact) mass is 280 g/mol. The van der Waals surface area contributed by atoms with Crippen molar-refractivity contribution in [2.24, 2.45) is 0 Å². The Kier molecular flexibility index (Phi) is 3.56. The summed E-state index contributed by atoms with van der Waals surface area (Å²) in [6.45, 7) is 3.56. The van der Waals surface area contributed by atoms with Gasteiger partial charge in [-0.1, -0.05) is 48.9 Å². The van der Waals surface area contributed by atoms with E-state index < -0.39 is 0 Å². The first-order valence-corrected chi connectivity index (χ1v) is 8.30. The number of hydrogen-bond donors (Lipinski definition) is 0. The van der Waals surface area contributed by atoms with Crippen LogP contribution in [0.4, 0.5) is 0 Å². The van der Waals surface area contributed by atoms with E-state index in [0.717, 1.165) is 25.0 Å². The van der Waals surface area contributed by atoms with Gasteiger partial charge in [0.05, 0.1) is 0 Å².